The maximum absolute atomic E-state index is 12.4. The zero-order valence-electron chi connectivity index (χ0n) is 16.6. The zero-order chi connectivity index (χ0) is 22.5. The zero-order valence-corrected chi connectivity index (χ0v) is 16.6. The van der Waals surface area contributed by atoms with Gasteiger partial charge in [-0.2, -0.15) is 0 Å². The normalized spacial score (nSPS) is 15.5. The minimum Gasteiger partial charge on any atom is -0.457 e. The van der Waals surface area contributed by atoms with E-state index in [0.717, 1.165) is 10.6 Å². The predicted molar refractivity (Wildman–Crippen MR) is 107 cm³/mol. The van der Waals surface area contributed by atoms with Crippen molar-refractivity contribution in [2.75, 3.05) is 13.2 Å². The van der Waals surface area contributed by atoms with E-state index < -0.39 is 41.0 Å². The van der Waals surface area contributed by atoms with Gasteiger partial charge in [0.05, 0.1) is 17.4 Å². The fourth-order valence-electron chi connectivity index (χ4n) is 3.09. The molecule has 0 bridgehead atoms. The molecule has 1 atom stereocenters. The first kappa shape index (κ1) is 21.6. The molecule has 0 unspecified atom stereocenters. The predicted octanol–water partition coefficient (Wildman–Crippen LogP) is 1.82. The van der Waals surface area contributed by atoms with Gasteiger partial charge in [-0.25, -0.2) is 0 Å². The minimum atomic E-state index is -0.825. The van der Waals surface area contributed by atoms with E-state index in [0.29, 0.717) is 5.56 Å². The Bertz CT molecular complexity index is 1050. The number of nitrogens with zero attached hydrogens (tertiary/aromatic N) is 2. The molecule has 10 nitrogen and oxygen atoms in total. The minimum absolute atomic E-state index is 0.0684. The number of hydrogen-bond donors (Lipinski definition) is 1. The molecule has 0 aromatic heterocycles. The van der Waals surface area contributed by atoms with Crippen molar-refractivity contribution in [1.29, 1.82) is 0 Å². The van der Waals surface area contributed by atoms with Crippen LogP contribution in [0, 0.1) is 23.0 Å². The van der Waals surface area contributed by atoms with Crippen LogP contribution < -0.4 is 5.43 Å². The van der Waals surface area contributed by atoms with E-state index in [1.54, 1.807) is 31.2 Å². The molecule has 160 valence electrons. The first-order chi connectivity index (χ1) is 14.8. The molecular weight excluding hydrogens is 406 g/mol. The van der Waals surface area contributed by atoms with Crippen LogP contribution >= 0.6 is 0 Å². The van der Waals surface area contributed by atoms with Gasteiger partial charge in [-0.3, -0.25) is 39.7 Å². The fraction of sp³-hybridized carbons (Fsp3) is 0.238. The maximum atomic E-state index is 12.4. The molecule has 0 saturated carbocycles. The Morgan fingerprint density at radius 2 is 1.84 bits per heavy atom. The number of Topliss-reactive ketones (excluding diaryl/α,β-unsaturated/α-hetero) is 1. The molecule has 2 amide bonds. The molecule has 2 aromatic rings. The van der Waals surface area contributed by atoms with Crippen LogP contribution in [0.15, 0.2) is 48.5 Å². The lowest BCUT2D eigenvalue weighted by Gasteiger charge is -2.18. The SMILES string of the molecule is Cc1ccccc1C(=O)NN1C[C@@H](C(=O)OCC(=O)c2ccc([N+](=O)[O-])cc2)CC1=O. The summed E-state index contributed by atoms with van der Waals surface area (Å²) < 4.78 is 5.01. The monoisotopic (exact) mass is 425 g/mol. The quantitative estimate of drug-likeness (QED) is 0.309. The second-order valence-electron chi connectivity index (χ2n) is 7.00. The molecular formula is C21H19N3O7. The van der Waals surface area contributed by atoms with Crippen LogP contribution in [0.2, 0.25) is 0 Å². The Hall–Kier alpha value is -4.08. The highest BCUT2D eigenvalue weighted by atomic mass is 16.6. The van der Waals surface area contributed by atoms with Gasteiger partial charge in [0.15, 0.2) is 12.4 Å². The molecule has 3 rings (SSSR count). The number of hydrazine groups is 1. The molecule has 2 aromatic carbocycles. The van der Waals surface area contributed by atoms with Crippen molar-refractivity contribution in [2.24, 2.45) is 5.92 Å². The van der Waals surface area contributed by atoms with Crippen LogP contribution in [0.4, 0.5) is 5.69 Å². The number of amides is 2. The van der Waals surface area contributed by atoms with E-state index in [2.05, 4.69) is 5.43 Å². The van der Waals surface area contributed by atoms with Crippen LogP contribution in [0.5, 0.6) is 0 Å². The second kappa shape index (κ2) is 9.16. The van der Waals surface area contributed by atoms with Gasteiger partial charge in [-0.1, -0.05) is 18.2 Å². The molecule has 1 aliphatic heterocycles. The number of nitrogens with one attached hydrogen (secondary N) is 1. The van der Waals surface area contributed by atoms with Crippen molar-refractivity contribution in [2.45, 2.75) is 13.3 Å². The van der Waals surface area contributed by atoms with Crippen molar-refractivity contribution in [3.05, 3.63) is 75.3 Å². The van der Waals surface area contributed by atoms with Gasteiger partial charge in [0.2, 0.25) is 5.91 Å². The molecule has 0 aliphatic carbocycles. The molecule has 1 heterocycles. The summed E-state index contributed by atoms with van der Waals surface area (Å²) in [6.45, 7) is 1.14. The number of ether oxygens (including phenoxy) is 1. The topological polar surface area (TPSA) is 136 Å². The number of nitro groups is 1. The summed E-state index contributed by atoms with van der Waals surface area (Å²) in [6.07, 6.45) is -0.154. The summed E-state index contributed by atoms with van der Waals surface area (Å²) in [5, 5.41) is 11.7. The molecule has 1 saturated heterocycles. The first-order valence-corrected chi connectivity index (χ1v) is 9.37. The van der Waals surface area contributed by atoms with Crippen molar-refractivity contribution in [3.63, 3.8) is 0 Å². The summed E-state index contributed by atoms with van der Waals surface area (Å²) in [6, 6.07) is 11.8. The van der Waals surface area contributed by atoms with Gasteiger partial charge in [0, 0.05) is 29.7 Å². The van der Waals surface area contributed by atoms with Crippen molar-refractivity contribution in [3.8, 4) is 0 Å². The van der Waals surface area contributed by atoms with Gasteiger partial charge in [-0.15, -0.1) is 0 Å². The third-order valence-corrected chi connectivity index (χ3v) is 4.83. The van der Waals surface area contributed by atoms with Gasteiger partial charge >= 0.3 is 5.97 Å². The average molecular weight is 425 g/mol. The van der Waals surface area contributed by atoms with Crippen LogP contribution in [-0.2, 0) is 14.3 Å². The van der Waals surface area contributed by atoms with Crippen LogP contribution in [0.3, 0.4) is 0 Å². The Balaban J connectivity index is 1.53. The van der Waals surface area contributed by atoms with E-state index in [1.165, 1.54) is 24.3 Å². The summed E-state index contributed by atoms with van der Waals surface area (Å²) in [4.78, 5) is 59.0. The number of rotatable bonds is 7. The lowest BCUT2D eigenvalue weighted by atomic mass is 10.1. The van der Waals surface area contributed by atoms with E-state index in [4.69, 9.17) is 4.74 Å². The second-order valence-corrected chi connectivity index (χ2v) is 7.00. The largest absolute Gasteiger partial charge is 0.457 e. The highest BCUT2D eigenvalue weighted by Crippen LogP contribution is 2.19. The summed E-state index contributed by atoms with van der Waals surface area (Å²) in [5.41, 5.74) is 3.64. The van der Waals surface area contributed by atoms with E-state index in [1.807, 2.05) is 0 Å². The number of esters is 1. The third-order valence-electron chi connectivity index (χ3n) is 4.83. The lowest BCUT2D eigenvalue weighted by molar-refractivity contribution is -0.384. The highest BCUT2D eigenvalue weighted by molar-refractivity contribution is 5.99. The van der Waals surface area contributed by atoms with E-state index in [9.17, 15) is 29.3 Å². The highest BCUT2D eigenvalue weighted by Gasteiger charge is 2.36. The molecule has 0 spiro atoms. The average Bonchev–Trinajstić information content (AvgIpc) is 3.12. The number of non-ortho nitro benzene ring substituents is 1. The smallest absolute Gasteiger partial charge is 0.311 e. The molecule has 31 heavy (non-hydrogen) atoms. The van der Waals surface area contributed by atoms with Gasteiger partial charge in [-0.05, 0) is 30.7 Å². The fourth-order valence-corrected chi connectivity index (χ4v) is 3.09. The molecule has 0 radical (unpaired) electrons. The number of benzene rings is 2. The maximum Gasteiger partial charge on any atom is 0.311 e. The number of carbonyl (C=O) groups is 4. The van der Waals surface area contributed by atoms with Crippen molar-refractivity contribution < 1.29 is 28.8 Å². The Labute approximate surface area is 176 Å². The van der Waals surface area contributed by atoms with Crippen molar-refractivity contribution >= 4 is 29.3 Å². The molecule has 1 N–H and O–H groups in total. The Morgan fingerprint density at radius 3 is 2.48 bits per heavy atom. The van der Waals surface area contributed by atoms with Gasteiger partial charge in [0.25, 0.3) is 11.6 Å². The molecule has 1 aliphatic rings. The lowest BCUT2D eigenvalue weighted by Crippen LogP contribution is -2.43. The van der Waals surface area contributed by atoms with E-state index in [-0.39, 0.29) is 24.2 Å². The standard InChI is InChI=1S/C21H19N3O7/c1-13-4-2-3-5-17(13)20(27)22-23-11-15(10-19(23)26)21(28)31-12-18(25)14-6-8-16(9-7-14)24(29)30/h2-9,15H,10-12H2,1H3,(H,22,27)/t15-/m0/s1. The van der Waals surface area contributed by atoms with Gasteiger partial charge < -0.3 is 4.74 Å². The Morgan fingerprint density at radius 1 is 1.16 bits per heavy atom. The summed E-state index contributed by atoms with van der Waals surface area (Å²) in [7, 11) is 0. The number of ketones is 1. The van der Waals surface area contributed by atoms with Gasteiger partial charge in [0.1, 0.15) is 0 Å². The van der Waals surface area contributed by atoms with Crippen molar-refractivity contribution in [1.82, 2.24) is 10.4 Å². The number of hydrogen-bond acceptors (Lipinski definition) is 7. The molecule has 1 fully saturated rings. The third kappa shape index (κ3) is 5.10. The first-order valence-electron chi connectivity index (χ1n) is 9.37. The van der Waals surface area contributed by atoms with Crippen LogP contribution in [0.1, 0.15) is 32.7 Å². The number of nitro benzene ring substituents is 1. The summed E-state index contributed by atoms with van der Waals surface area (Å²) >= 11 is 0. The number of carbonyl (C=O) groups excluding carboxylic acids is 4. The van der Waals surface area contributed by atoms with Crippen LogP contribution in [-0.4, -0.2) is 46.7 Å². The number of aryl methyl sites for hydroxylation is 1. The van der Waals surface area contributed by atoms with Crippen LogP contribution in [0.25, 0.3) is 0 Å². The summed E-state index contributed by atoms with van der Waals surface area (Å²) in [5.74, 6) is -3.00. The van der Waals surface area contributed by atoms with E-state index >= 15 is 0 Å². The molecule has 10 heteroatoms. The Kier molecular flexibility index (Phi) is 6.39.